The average molecular weight is 658 g/mol. The van der Waals surface area contributed by atoms with Crippen molar-refractivity contribution in [2.45, 2.75) is 44.3 Å². The Labute approximate surface area is 266 Å². The van der Waals surface area contributed by atoms with Gasteiger partial charge in [0.15, 0.2) is 5.82 Å². The molecule has 2 amide bonds. The van der Waals surface area contributed by atoms with Gasteiger partial charge in [0.2, 0.25) is 0 Å². The molecule has 6 N–H and O–H groups in total. The van der Waals surface area contributed by atoms with Crippen molar-refractivity contribution in [3.05, 3.63) is 123 Å². The van der Waals surface area contributed by atoms with Gasteiger partial charge in [-0.15, -0.1) is 0 Å². The molecule has 2 aliphatic carbocycles. The van der Waals surface area contributed by atoms with Gasteiger partial charge in [-0.25, -0.2) is 23.4 Å². The average Bonchev–Trinajstić information content (AvgIpc) is 3.82. The van der Waals surface area contributed by atoms with Gasteiger partial charge in [0, 0.05) is 24.6 Å². The molecule has 1 unspecified atom stereocenters. The number of nitrogens with two attached hydrogens (primary N) is 1. The molecule has 2 atom stereocenters. The summed E-state index contributed by atoms with van der Waals surface area (Å²) in [5.41, 5.74) is 5.75. The predicted octanol–water partition coefficient (Wildman–Crippen LogP) is 0.151. The summed E-state index contributed by atoms with van der Waals surface area (Å²) in [6.07, 6.45) is 5.65. The summed E-state index contributed by atoms with van der Waals surface area (Å²) < 4.78 is 24.6. The smallest absolute Gasteiger partial charge is 0.394 e. The van der Waals surface area contributed by atoms with Crippen molar-refractivity contribution in [2.24, 2.45) is 0 Å². The number of carbonyl (C=O) groups excluding carboxylic acids is 2. The normalized spacial score (nSPS) is 17.2. The Kier molecular flexibility index (Phi) is 7.38. The summed E-state index contributed by atoms with van der Waals surface area (Å²) in [7, 11) is 0. The van der Waals surface area contributed by atoms with Gasteiger partial charge in [-0.3, -0.25) is 33.2 Å². The number of aromatic nitrogens is 5. The van der Waals surface area contributed by atoms with Gasteiger partial charge in [0.05, 0.1) is 6.04 Å². The maximum absolute atomic E-state index is 14.5. The van der Waals surface area contributed by atoms with Crippen LogP contribution in [0.2, 0.25) is 0 Å². The number of benzene rings is 1. The fourth-order valence-electron chi connectivity index (χ4n) is 5.90. The third kappa shape index (κ3) is 5.37. The first-order valence-electron chi connectivity index (χ1n) is 14.6. The van der Waals surface area contributed by atoms with Crippen LogP contribution in [0.5, 0.6) is 0 Å². The van der Waals surface area contributed by atoms with E-state index in [0.29, 0.717) is 30.7 Å². The Bertz CT molecular complexity index is 2390. The molecule has 48 heavy (non-hydrogen) atoms. The van der Waals surface area contributed by atoms with Crippen LogP contribution < -0.4 is 44.1 Å². The van der Waals surface area contributed by atoms with Gasteiger partial charge in [0.25, 0.3) is 28.4 Å². The SMILES string of the molecule is Nc1c(NCc2cc(CNC(=O)c3cc(C(=O)N[C@H]4CCC5=C4C=CC(c4noc(=O)[nH]4)C5)nc4noc(=O)n34)ccc2F)c(=O)c1=O. The number of amides is 2. The highest BCUT2D eigenvalue weighted by atomic mass is 19.1. The lowest BCUT2D eigenvalue weighted by Crippen LogP contribution is -2.37. The zero-order valence-corrected chi connectivity index (χ0v) is 24.7. The number of nitrogen functional groups attached to an aromatic ring is 1. The lowest BCUT2D eigenvalue weighted by Gasteiger charge is -2.20. The van der Waals surface area contributed by atoms with E-state index in [1.807, 2.05) is 12.2 Å². The molecule has 7 rings (SSSR count). The molecule has 17 nitrogen and oxygen atoms in total. The molecule has 3 heterocycles. The Hall–Kier alpha value is -6.46. The van der Waals surface area contributed by atoms with Crippen LogP contribution in [0.4, 0.5) is 15.8 Å². The van der Waals surface area contributed by atoms with Crippen molar-refractivity contribution in [1.82, 2.24) is 35.3 Å². The highest BCUT2D eigenvalue weighted by molar-refractivity contribution is 5.98. The van der Waals surface area contributed by atoms with Crippen molar-refractivity contribution < 1.29 is 23.0 Å². The highest BCUT2D eigenvalue weighted by Crippen LogP contribution is 2.38. The number of aromatic amines is 1. The summed E-state index contributed by atoms with van der Waals surface area (Å²) in [5.74, 6) is -3.68. The van der Waals surface area contributed by atoms with Crippen LogP contribution in [0.15, 0.2) is 75.8 Å². The molecule has 2 aliphatic rings. The van der Waals surface area contributed by atoms with E-state index in [0.717, 1.165) is 21.6 Å². The minimum Gasteiger partial charge on any atom is -0.394 e. The minimum atomic E-state index is -0.997. The monoisotopic (exact) mass is 657 g/mol. The van der Waals surface area contributed by atoms with Crippen LogP contribution in [-0.2, 0) is 13.1 Å². The Balaban J connectivity index is 1.05. The Morgan fingerprint density at radius 1 is 1.06 bits per heavy atom. The first kappa shape index (κ1) is 30.2. The molecule has 0 radical (unpaired) electrons. The molecule has 0 fully saturated rings. The third-order valence-electron chi connectivity index (χ3n) is 8.36. The van der Waals surface area contributed by atoms with Gasteiger partial charge < -0.3 is 21.7 Å². The summed E-state index contributed by atoms with van der Waals surface area (Å²) in [6, 6.07) is 4.82. The van der Waals surface area contributed by atoms with Gasteiger partial charge in [-0.05, 0) is 53.8 Å². The second kappa shape index (κ2) is 11.7. The number of halogens is 1. The van der Waals surface area contributed by atoms with Crippen LogP contribution in [-0.4, -0.2) is 42.5 Å². The number of rotatable bonds is 9. The first-order chi connectivity index (χ1) is 23.1. The van der Waals surface area contributed by atoms with E-state index in [1.54, 1.807) is 0 Å². The molecule has 2 aromatic carbocycles. The van der Waals surface area contributed by atoms with Crippen molar-refractivity contribution in [3.8, 4) is 0 Å². The number of allylic oxidation sites excluding steroid dienone is 2. The molecule has 0 saturated carbocycles. The number of H-pyrrole nitrogens is 1. The van der Waals surface area contributed by atoms with Crippen molar-refractivity contribution >= 4 is 29.0 Å². The first-order valence-corrected chi connectivity index (χ1v) is 14.6. The topological polar surface area (TPSA) is 250 Å². The standard InChI is InChI=1S/C30H24FN9O8/c31-17-5-1-12(7-15(17)11-33-22-21(32)23(41)24(22)42)10-34-27(44)20-9-19(36-28-39-48-30(46)40(20)28)26(43)35-18-6-3-13-8-14(2-4-16(13)18)25-37-29(45)47-38-25/h1-2,4-5,7,9,14,18,33H,3,6,8,10-11,32H2,(H,34,44)(H,35,43)(H,37,38,45)/t14?,18-/m0/s1. The van der Waals surface area contributed by atoms with Crippen LogP contribution in [0.1, 0.15) is 63.1 Å². The van der Waals surface area contributed by atoms with Crippen molar-refractivity contribution in [3.63, 3.8) is 0 Å². The number of hydrogen-bond donors (Lipinski definition) is 5. The zero-order chi connectivity index (χ0) is 33.7. The number of hydrogen-bond acceptors (Lipinski definition) is 13. The van der Waals surface area contributed by atoms with Gasteiger partial charge in [-0.1, -0.05) is 28.9 Å². The van der Waals surface area contributed by atoms with E-state index in [4.69, 9.17) is 10.3 Å². The van der Waals surface area contributed by atoms with Crippen LogP contribution >= 0.6 is 0 Å². The molecule has 0 spiro atoms. The second-order valence-electron chi connectivity index (χ2n) is 11.3. The molecule has 0 aliphatic heterocycles. The second-order valence-corrected chi connectivity index (χ2v) is 11.3. The molecule has 0 bridgehead atoms. The lowest BCUT2D eigenvalue weighted by atomic mass is 9.90. The van der Waals surface area contributed by atoms with Crippen molar-refractivity contribution in [1.29, 1.82) is 0 Å². The largest absolute Gasteiger partial charge is 0.448 e. The number of anilines is 2. The molecular weight excluding hydrogens is 633 g/mol. The van der Waals surface area contributed by atoms with E-state index in [2.05, 4.69) is 40.8 Å². The minimum absolute atomic E-state index is 0.0886. The molecule has 5 aromatic rings. The van der Waals surface area contributed by atoms with E-state index < -0.39 is 40.0 Å². The molecular formula is C30H24FN9O8. The van der Waals surface area contributed by atoms with Crippen LogP contribution in [0, 0.1) is 5.82 Å². The fourth-order valence-corrected chi connectivity index (χ4v) is 5.90. The number of carbonyl (C=O) groups is 2. The molecule has 244 valence electrons. The quantitative estimate of drug-likeness (QED) is 0.133. The van der Waals surface area contributed by atoms with Crippen molar-refractivity contribution in [2.75, 3.05) is 11.1 Å². The van der Waals surface area contributed by atoms with E-state index >= 15 is 0 Å². The maximum atomic E-state index is 14.5. The van der Waals surface area contributed by atoms with Gasteiger partial charge in [-0.2, -0.15) is 0 Å². The summed E-state index contributed by atoms with van der Waals surface area (Å²) in [4.78, 5) is 80.1. The highest BCUT2D eigenvalue weighted by Gasteiger charge is 2.31. The summed E-state index contributed by atoms with van der Waals surface area (Å²) in [5, 5.41) is 15.5. The molecule has 0 saturated heterocycles. The maximum Gasteiger partial charge on any atom is 0.448 e. The summed E-state index contributed by atoms with van der Waals surface area (Å²) in [6.45, 7) is -0.269. The zero-order valence-electron chi connectivity index (χ0n) is 24.7. The fraction of sp³-hybridized carbons (Fsp3) is 0.233. The van der Waals surface area contributed by atoms with E-state index in [9.17, 15) is 33.2 Å². The third-order valence-corrected chi connectivity index (χ3v) is 8.36. The Morgan fingerprint density at radius 2 is 1.90 bits per heavy atom. The van der Waals surface area contributed by atoms with Gasteiger partial charge in [0.1, 0.15) is 28.6 Å². The number of nitrogens with one attached hydrogen (secondary N) is 4. The predicted molar refractivity (Wildman–Crippen MR) is 163 cm³/mol. The van der Waals surface area contributed by atoms with Gasteiger partial charge >= 0.3 is 11.5 Å². The number of nitrogens with zero attached hydrogens (tertiary/aromatic N) is 4. The Morgan fingerprint density at radius 3 is 2.67 bits per heavy atom. The van der Waals surface area contributed by atoms with Crippen LogP contribution in [0.3, 0.4) is 0 Å². The van der Waals surface area contributed by atoms with E-state index in [1.165, 1.54) is 18.2 Å². The van der Waals surface area contributed by atoms with Crippen LogP contribution in [0.25, 0.3) is 5.78 Å². The number of fused-ring (bicyclic) bond motifs is 1. The van der Waals surface area contributed by atoms with E-state index in [-0.39, 0.29) is 59.2 Å². The lowest BCUT2D eigenvalue weighted by molar-refractivity contribution is 0.0938. The molecule has 18 heteroatoms. The molecule has 3 aromatic heterocycles. The summed E-state index contributed by atoms with van der Waals surface area (Å²) >= 11 is 0.